The van der Waals surface area contributed by atoms with E-state index in [4.69, 9.17) is 14.2 Å². The minimum Gasteiger partial charge on any atom is -0.547 e. The Morgan fingerprint density at radius 1 is 1.03 bits per heavy atom. The van der Waals surface area contributed by atoms with Crippen molar-refractivity contribution in [3.8, 4) is 17.2 Å². The van der Waals surface area contributed by atoms with Crippen LogP contribution in [0.2, 0.25) is 0 Å². The van der Waals surface area contributed by atoms with Crippen LogP contribution in [0, 0.1) is 6.92 Å². The monoisotopic (exact) mass is 513 g/mol. The van der Waals surface area contributed by atoms with Gasteiger partial charge in [-0.3, -0.25) is 0 Å². The zero-order chi connectivity index (χ0) is 26.0. The predicted molar refractivity (Wildman–Crippen MR) is 116 cm³/mol. The van der Waals surface area contributed by atoms with Gasteiger partial charge >= 0.3 is 15.6 Å². The van der Waals surface area contributed by atoms with E-state index in [2.05, 4.69) is 4.18 Å². The molecule has 0 radical (unpaired) electrons. The van der Waals surface area contributed by atoms with Crippen molar-refractivity contribution in [2.45, 2.75) is 25.1 Å². The molecule has 0 saturated heterocycles. The highest BCUT2D eigenvalue weighted by Gasteiger charge is 2.49. The van der Waals surface area contributed by atoms with E-state index < -0.39 is 39.0 Å². The number of carbonyl (C=O) groups excluding carboxylic acids is 1. The summed E-state index contributed by atoms with van der Waals surface area (Å²) in [5.41, 5.74) is -5.60. The van der Waals surface area contributed by atoms with Crippen LogP contribution in [-0.2, 0) is 26.3 Å². The smallest absolute Gasteiger partial charge is 0.534 e. The number of halogens is 3. The molecule has 0 saturated carbocycles. The fourth-order valence-electron chi connectivity index (χ4n) is 3.43. The zero-order valence-corrected chi connectivity index (χ0v) is 19.5. The number of methoxy groups -OCH3 is 2. The van der Waals surface area contributed by atoms with E-state index in [0.717, 1.165) is 0 Å². The molecule has 0 bridgehead atoms. The highest BCUT2D eigenvalue weighted by molar-refractivity contribution is 7.88. The summed E-state index contributed by atoms with van der Waals surface area (Å²) in [6.45, 7) is 1.09. The lowest BCUT2D eigenvalue weighted by Gasteiger charge is -2.25. The SMILES string of the molecule is COc1ccc(COC(C(=O)[O-])c2c(C)cc3c(OC)cccc3c2OS(=O)(=O)C(F)(F)F)cc1. The molecule has 12 heteroatoms. The Kier molecular flexibility index (Phi) is 7.46. The number of fused-ring (bicyclic) bond motifs is 1. The van der Waals surface area contributed by atoms with Gasteiger partial charge in [0, 0.05) is 16.3 Å². The first kappa shape index (κ1) is 26.1. The second-order valence-electron chi connectivity index (χ2n) is 7.33. The Morgan fingerprint density at radius 2 is 1.69 bits per heavy atom. The Hall–Kier alpha value is -3.51. The number of alkyl halides is 3. The third-order valence-electron chi connectivity index (χ3n) is 5.09. The second kappa shape index (κ2) is 10.0. The van der Waals surface area contributed by atoms with Crippen molar-refractivity contribution < 1.29 is 49.9 Å². The van der Waals surface area contributed by atoms with Crippen LogP contribution in [0.25, 0.3) is 10.8 Å². The van der Waals surface area contributed by atoms with Gasteiger partial charge in [-0.15, -0.1) is 0 Å². The fraction of sp³-hybridized carbons (Fsp3) is 0.261. The van der Waals surface area contributed by atoms with E-state index in [1.165, 1.54) is 45.4 Å². The average Bonchev–Trinajstić information content (AvgIpc) is 2.79. The quantitative estimate of drug-likeness (QED) is 0.316. The zero-order valence-electron chi connectivity index (χ0n) is 18.7. The van der Waals surface area contributed by atoms with Gasteiger partial charge in [-0.1, -0.05) is 24.3 Å². The third-order valence-corrected chi connectivity index (χ3v) is 6.04. The van der Waals surface area contributed by atoms with Crippen LogP contribution >= 0.6 is 0 Å². The molecular weight excluding hydrogens is 493 g/mol. The molecule has 0 aromatic heterocycles. The molecule has 1 atom stereocenters. The summed E-state index contributed by atoms with van der Waals surface area (Å²) >= 11 is 0. The van der Waals surface area contributed by atoms with Crippen LogP contribution < -0.4 is 18.8 Å². The van der Waals surface area contributed by atoms with E-state index in [-0.39, 0.29) is 28.7 Å². The van der Waals surface area contributed by atoms with Crippen molar-refractivity contribution in [2.75, 3.05) is 14.2 Å². The molecule has 0 aliphatic carbocycles. The minimum absolute atomic E-state index is 0.0818. The summed E-state index contributed by atoms with van der Waals surface area (Å²) in [4.78, 5) is 12.0. The number of aryl methyl sites for hydroxylation is 1. The van der Waals surface area contributed by atoms with Crippen LogP contribution in [-0.4, -0.2) is 34.1 Å². The lowest BCUT2D eigenvalue weighted by Crippen LogP contribution is -2.33. The van der Waals surface area contributed by atoms with Gasteiger partial charge in [-0.2, -0.15) is 21.6 Å². The molecule has 0 aliphatic heterocycles. The van der Waals surface area contributed by atoms with E-state index >= 15 is 0 Å². The van der Waals surface area contributed by atoms with Crippen LogP contribution in [0.1, 0.15) is 22.8 Å². The van der Waals surface area contributed by atoms with Gasteiger partial charge < -0.3 is 28.3 Å². The maximum Gasteiger partial charge on any atom is 0.534 e. The summed E-state index contributed by atoms with van der Waals surface area (Å²) in [5, 5.41) is 12.1. The number of hydrogen-bond acceptors (Lipinski definition) is 8. The van der Waals surface area contributed by atoms with Crippen LogP contribution in [0.15, 0.2) is 48.5 Å². The Bertz CT molecular complexity index is 1340. The Balaban J connectivity index is 2.18. The summed E-state index contributed by atoms with van der Waals surface area (Å²) in [5.74, 6) is -1.91. The molecule has 0 aliphatic rings. The Labute approximate surface area is 198 Å². The molecule has 8 nitrogen and oxygen atoms in total. The molecule has 3 aromatic rings. The maximum absolute atomic E-state index is 13.2. The minimum atomic E-state index is -6.16. The van der Waals surface area contributed by atoms with Gasteiger partial charge in [0.05, 0.1) is 26.8 Å². The highest BCUT2D eigenvalue weighted by Crippen LogP contribution is 2.43. The van der Waals surface area contributed by atoms with Gasteiger partial charge in [0.1, 0.15) is 17.6 Å². The first-order valence-corrected chi connectivity index (χ1v) is 11.4. The standard InChI is InChI=1S/C23H21F3O8S/c1-13-11-17-16(5-4-6-18(17)32-3)20(34-35(29,30)23(24,25)26)19(13)21(22(27)28)33-12-14-7-9-15(31-2)10-8-14/h4-11,21H,12H2,1-3H3,(H,27,28)/p-1. The van der Waals surface area contributed by atoms with Crippen molar-refractivity contribution in [3.63, 3.8) is 0 Å². The number of carboxylic acids is 1. The molecule has 35 heavy (non-hydrogen) atoms. The molecule has 0 amide bonds. The molecule has 188 valence electrons. The number of ether oxygens (including phenoxy) is 3. The lowest BCUT2D eigenvalue weighted by atomic mass is 9.96. The fourth-order valence-corrected chi connectivity index (χ4v) is 3.92. The molecular formula is C23H20F3O8S-. The van der Waals surface area contributed by atoms with Crippen molar-refractivity contribution in [2.24, 2.45) is 0 Å². The first-order valence-electron chi connectivity index (χ1n) is 9.96. The average molecular weight is 513 g/mol. The number of hydrogen-bond donors (Lipinski definition) is 0. The predicted octanol–water partition coefficient (Wildman–Crippen LogP) is 3.40. The summed E-state index contributed by atoms with van der Waals surface area (Å²) in [7, 11) is -3.38. The van der Waals surface area contributed by atoms with Crippen LogP contribution in [0.4, 0.5) is 13.2 Å². The second-order valence-corrected chi connectivity index (χ2v) is 8.87. The van der Waals surface area contributed by atoms with Gasteiger partial charge in [0.15, 0.2) is 5.75 Å². The number of rotatable bonds is 9. The van der Waals surface area contributed by atoms with E-state index in [0.29, 0.717) is 11.3 Å². The van der Waals surface area contributed by atoms with Crippen molar-refractivity contribution in [1.82, 2.24) is 0 Å². The van der Waals surface area contributed by atoms with Gasteiger partial charge in [-0.05, 0) is 42.3 Å². The van der Waals surface area contributed by atoms with E-state index in [9.17, 15) is 31.5 Å². The van der Waals surface area contributed by atoms with E-state index in [1.54, 1.807) is 24.3 Å². The van der Waals surface area contributed by atoms with Crippen molar-refractivity contribution in [3.05, 3.63) is 65.2 Å². The molecule has 1 unspecified atom stereocenters. The maximum atomic E-state index is 13.2. The molecule has 3 rings (SSSR count). The van der Waals surface area contributed by atoms with Crippen LogP contribution in [0.5, 0.6) is 17.2 Å². The number of benzene rings is 3. The number of carbonyl (C=O) groups is 1. The normalized spacial score (nSPS) is 12.9. The van der Waals surface area contributed by atoms with E-state index in [1.807, 2.05) is 0 Å². The molecule has 0 N–H and O–H groups in total. The van der Waals surface area contributed by atoms with Gasteiger partial charge in [0.25, 0.3) is 0 Å². The number of carboxylic acid groups (broad SMARTS) is 1. The third kappa shape index (κ3) is 5.43. The molecule has 0 fully saturated rings. The highest BCUT2D eigenvalue weighted by atomic mass is 32.2. The largest absolute Gasteiger partial charge is 0.547 e. The lowest BCUT2D eigenvalue weighted by molar-refractivity contribution is -0.318. The molecule has 3 aromatic carbocycles. The topological polar surface area (TPSA) is 111 Å². The summed E-state index contributed by atoms with van der Waals surface area (Å²) in [6, 6.07) is 12.0. The summed E-state index contributed by atoms with van der Waals surface area (Å²) < 4.78 is 83.6. The molecule has 0 spiro atoms. The first-order chi connectivity index (χ1) is 16.4. The number of aliphatic carboxylic acids is 1. The van der Waals surface area contributed by atoms with Crippen LogP contribution in [0.3, 0.4) is 0 Å². The van der Waals surface area contributed by atoms with Crippen molar-refractivity contribution in [1.29, 1.82) is 0 Å². The molecule has 0 heterocycles. The van der Waals surface area contributed by atoms with Gasteiger partial charge in [0.2, 0.25) is 0 Å². The Morgan fingerprint density at radius 3 is 2.23 bits per heavy atom. The van der Waals surface area contributed by atoms with Gasteiger partial charge in [-0.25, -0.2) is 0 Å². The summed E-state index contributed by atoms with van der Waals surface area (Å²) in [6.07, 6.45) is -1.97. The van der Waals surface area contributed by atoms with Crippen molar-refractivity contribution >= 4 is 26.9 Å².